The molecule has 1 atom stereocenters. The summed E-state index contributed by atoms with van der Waals surface area (Å²) in [6.07, 6.45) is 2.48. The number of nitrogens with zero attached hydrogens (tertiary/aromatic N) is 1. The van der Waals surface area contributed by atoms with Gasteiger partial charge in [0.1, 0.15) is 0 Å². The number of likely N-dealkylation sites (tertiary alicyclic amines) is 1. The Balaban J connectivity index is 1.66. The van der Waals surface area contributed by atoms with Crippen LogP contribution in [0.25, 0.3) is 0 Å². The molecular formula is C14H23ClN2S. The molecule has 1 aromatic heterocycles. The van der Waals surface area contributed by atoms with Gasteiger partial charge in [-0.3, -0.25) is 0 Å². The molecule has 2 heterocycles. The van der Waals surface area contributed by atoms with Gasteiger partial charge in [0.25, 0.3) is 0 Å². The molecule has 0 saturated carbocycles. The van der Waals surface area contributed by atoms with Crippen LogP contribution in [0.15, 0.2) is 12.1 Å². The zero-order valence-electron chi connectivity index (χ0n) is 11.3. The monoisotopic (exact) mass is 286 g/mol. The van der Waals surface area contributed by atoms with E-state index in [-0.39, 0.29) is 0 Å². The van der Waals surface area contributed by atoms with Crippen molar-refractivity contribution in [2.75, 3.05) is 26.2 Å². The highest BCUT2D eigenvalue weighted by molar-refractivity contribution is 7.16. The average molecular weight is 287 g/mol. The SMILES string of the molecule is CC(C)NCC1CCN(CCc2ccc(Cl)s2)C1. The van der Waals surface area contributed by atoms with Gasteiger partial charge in [-0.05, 0) is 44.0 Å². The van der Waals surface area contributed by atoms with Gasteiger partial charge in [-0.15, -0.1) is 11.3 Å². The molecule has 1 aliphatic heterocycles. The zero-order valence-corrected chi connectivity index (χ0v) is 12.9. The van der Waals surface area contributed by atoms with E-state index in [1.807, 2.05) is 6.07 Å². The highest BCUT2D eigenvalue weighted by atomic mass is 35.5. The largest absolute Gasteiger partial charge is 0.314 e. The fourth-order valence-corrected chi connectivity index (χ4v) is 3.52. The molecule has 1 aliphatic rings. The van der Waals surface area contributed by atoms with E-state index in [0.717, 1.165) is 16.7 Å². The second kappa shape index (κ2) is 6.90. The maximum absolute atomic E-state index is 5.95. The molecule has 0 amide bonds. The Kier molecular flexibility index (Phi) is 5.49. The van der Waals surface area contributed by atoms with Crippen molar-refractivity contribution < 1.29 is 0 Å². The van der Waals surface area contributed by atoms with Gasteiger partial charge >= 0.3 is 0 Å². The van der Waals surface area contributed by atoms with Crippen LogP contribution >= 0.6 is 22.9 Å². The van der Waals surface area contributed by atoms with E-state index in [1.165, 1.54) is 37.5 Å². The highest BCUT2D eigenvalue weighted by Crippen LogP contribution is 2.23. The summed E-state index contributed by atoms with van der Waals surface area (Å²) in [5, 5.41) is 3.54. The van der Waals surface area contributed by atoms with Crippen molar-refractivity contribution in [2.24, 2.45) is 5.92 Å². The lowest BCUT2D eigenvalue weighted by Gasteiger charge is -2.16. The molecule has 1 N–H and O–H groups in total. The minimum Gasteiger partial charge on any atom is -0.314 e. The van der Waals surface area contributed by atoms with E-state index < -0.39 is 0 Å². The van der Waals surface area contributed by atoms with Crippen LogP contribution in [-0.4, -0.2) is 37.1 Å². The second-order valence-corrected chi connectivity index (χ2v) is 7.27. The first-order chi connectivity index (χ1) is 8.63. The van der Waals surface area contributed by atoms with Crippen molar-refractivity contribution in [1.82, 2.24) is 10.2 Å². The van der Waals surface area contributed by atoms with Crippen LogP contribution in [0.5, 0.6) is 0 Å². The Bertz CT molecular complexity index is 364. The molecule has 2 nitrogen and oxygen atoms in total. The average Bonchev–Trinajstić information content (AvgIpc) is 2.93. The van der Waals surface area contributed by atoms with Crippen LogP contribution in [0, 0.1) is 5.92 Å². The summed E-state index contributed by atoms with van der Waals surface area (Å²) in [6, 6.07) is 4.76. The number of rotatable bonds is 6. The van der Waals surface area contributed by atoms with E-state index in [0.29, 0.717) is 6.04 Å². The predicted molar refractivity (Wildman–Crippen MR) is 80.7 cm³/mol. The van der Waals surface area contributed by atoms with Crippen molar-refractivity contribution >= 4 is 22.9 Å². The van der Waals surface area contributed by atoms with Gasteiger partial charge in [-0.25, -0.2) is 0 Å². The molecule has 0 aromatic carbocycles. The van der Waals surface area contributed by atoms with Gasteiger partial charge in [0, 0.05) is 24.0 Å². The molecule has 1 unspecified atom stereocenters. The first-order valence-electron chi connectivity index (χ1n) is 6.83. The minimum absolute atomic E-state index is 0.604. The zero-order chi connectivity index (χ0) is 13.0. The van der Waals surface area contributed by atoms with Gasteiger partial charge in [0.05, 0.1) is 4.34 Å². The lowest BCUT2D eigenvalue weighted by Crippen LogP contribution is -2.31. The Hall–Kier alpha value is -0.0900. The molecule has 0 spiro atoms. The fraction of sp³-hybridized carbons (Fsp3) is 0.714. The van der Waals surface area contributed by atoms with Crippen molar-refractivity contribution in [1.29, 1.82) is 0 Å². The molecular weight excluding hydrogens is 264 g/mol. The minimum atomic E-state index is 0.604. The molecule has 1 saturated heterocycles. The van der Waals surface area contributed by atoms with Gasteiger partial charge < -0.3 is 10.2 Å². The van der Waals surface area contributed by atoms with Crippen molar-refractivity contribution in [3.63, 3.8) is 0 Å². The van der Waals surface area contributed by atoms with Gasteiger partial charge in [-0.1, -0.05) is 25.4 Å². The summed E-state index contributed by atoms with van der Waals surface area (Å²) < 4.78 is 0.908. The third-order valence-electron chi connectivity index (χ3n) is 3.49. The number of hydrogen-bond donors (Lipinski definition) is 1. The first kappa shape index (κ1) is 14.3. The van der Waals surface area contributed by atoms with Gasteiger partial charge in [-0.2, -0.15) is 0 Å². The summed E-state index contributed by atoms with van der Waals surface area (Å²) >= 11 is 7.66. The van der Waals surface area contributed by atoms with Crippen molar-refractivity contribution in [3.8, 4) is 0 Å². The van der Waals surface area contributed by atoms with Crippen molar-refractivity contribution in [2.45, 2.75) is 32.7 Å². The Morgan fingerprint density at radius 1 is 1.50 bits per heavy atom. The van der Waals surface area contributed by atoms with Crippen LogP contribution in [0.2, 0.25) is 4.34 Å². The van der Waals surface area contributed by atoms with Gasteiger partial charge in [0.15, 0.2) is 0 Å². The summed E-state index contributed by atoms with van der Waals surface area (Å²) in [5.74, 6) is 0.833. The number of halogens is 1. The molecule has 0 aliphatic carbocycles. The van der Waals surface area contributed by atoms with E-state index >= 15 is 0 Å². The topological polar surface area (TPSA) is 15.3 Å². The Morgan fingerprint density at radius 2 is 2.33 bits per heavy atom. The summed E-state index contributed by atoms with van der Waals surface area (Å²) in [7, 11) is 0. The van der Waals surface area contributed by atoms with Crippen LogP contribution in [-0.2, 0) is 6.42 Å². The molecule has 1 fully saturated rings. The third kappa shape index (κ3) is 4.54. The highest BCUT2D eigenvalue weighted by Gasteiger charge is 2.21. The standard InChI is InChI=1S/C14H23ClN2S/c1-11(2)16-9-12-5-7-17(10-12)8-6-13-3-4-14(15)18-13/h3-4,11-12,16H,5-10H2,1-2H3. The molecule has 0 radical (unpaired) electrons. The van der Waals surface area contributed by atoms with Crippen LogP contribution in [0.3, 0.4) is 0 Å². The smallest absolute Gasteiger partial charge is 0.0931 e. The molecule has 4 heteroatoms. The van der Waals surface area contributed by atoms with Gasteiger partial charge in [0.2, 0.25) is 0 Å². The lowest BCUT2D eigenvalue weighted by atomic mass is 10.1. The van der Waals surface area contributed by atoms with E-state index in [9.17, 15) is 0 Å². The quantitative estimate of drug-likeness (QED) is 0.863. The maximum atomic E-state index is 5.95. The van der Waals surface area contributed by atoms with Crippen LogP contribution in [0.4, 0.5) is 0 Å². The molecule has 1 aromatic rings. The number of thiophene rings is 1. The number of nitrogens with one attached hydrogen (secondary N) is 1. The second-order valence-electron chi connectivity index (χ2n) is 5.47. The predicted octanol–water partition coefficient (Wildman–Crippen LogP) is 3.26. The van der Waals surface area contributed by atoms with E-state index in [4.69, 9.17) is 11.6 Å². The summed E-state index contributed by atoms with van der Waals surface area (Å²) in [4.78, 5) is 3.99. The lowest BCUT2D eigenvalue weighted by molar-refractivity contribution is 0.324. The Labute approximate surface area is 119 Å². The van der Waals surface area contributed by atoms with E-state index in [2.05, 4.69) is 30.1 Å². The van der Waals surface area contributed by atoms with Crippen LogP contribution < -0.4 is 5.32 Å². The Morgan fingerprint density at radius 3 is 3.00 bits per heavy atom. The molecule has 18 heavy (non-hydrogen) atoms. The first-order valence-corrected chi connectivity index (χ1v) is 8.03. The van der Waals surface area contributed by atoms with Crippen LogP contribution in [0.1, 0.15) is 25.1 Å². The molecule has 102 valence electrons. The molecule has 0 bridgehead atoms. The summed E-state index contributed by atoms with van der Waals surface area (Å²) in [6.45, 7) is 9.27. The molecule has 2 rings (SSSR count). The normalized spacial score (nSPS) is 21.0. The fourth-order valence-electron chi connectivity index (χ4n) is 2.44. The van der Waals surface area contributed by atoms with Crippen molar-refractivity contribution in [3.05, 3.63) is 21.3 Å². The third-order valence-corrected chi connectivity index (χ3v) is 4.78. The summed E-state index contributed by atoms with van der Waals surface area (Å²) in [5.41, 5.74) is 0. The maximum Gasteiger partial charge on any atom is 0.0931 e. The van der Waals surface area contributed by atoms with E-state index in [1.54, 1.807) is 11.3 Å². The number of hydrogen-bond acceptors (Lipinski definition) is 3.